The first-order valence-corrected chi connectivity index (χ1v) is 9.88. The summed E-state index contributed by atoms with van der Waals surface area (Å²) < 4.78 is 4.40. The van der Waals surface area contributed by atoms with Gasteiger partial charge in [-0.3, -0.25) is 0 Å². The molecular formula is C25H32N2O+2. The lowest BCUT2D eigenvalue weighted by Crippen LogP contribution is -2.57. The quantitative estimate of drug-likeness (QED) is 0.662. The van der Waals surface area contributed by atoms with Gasteiger partial charge in [0.05, 0.1) is 5.56 Å². The van der Waals surface area contributed by atoms with Gasteiger partial charge in [-0.25, -0.2) is 0 Å². The number of pyridine rings is 2. The molecule has 3 rings (SSSR count). The third-order valence-electron chi connectivity index (χ3n) is 5.09. The Kier molecular flexibility index (Phi) is 5.29. The zero-order chi connectivity index (χ0) is 20.5. The van der Waals surface area contributed by atoms with Crippen molar-refractivity contribution in [2.75, 3.05) is 0 Å². The van der Waals surface area contributed by atoms with Gasteiger partial charge in [0.2, 0.25) is 0 Å². The smallest absolute Gasteiger partial charge is 0.379 e. The van der Waals surface area contributed by atoms with Gasteiger partial charge < -0.3 is 5.11 Å². The summed E-state index contributed by atoms with van der Waals surface area (Å²) in [6, 6.07) is 16.6. The molecule has 0 saturated heterocycles. The number of hydrogen-bond donors (Lipinski definition) is 1. The fourth-order valence-corrected chi connectivity index (χ4v) is 3.60. The number of aromatic nitrogens is 2. The van der Waals surface area contributed by atoms with Crippen molar-refractivity contribution in [3.05, 3.63) is 90.0 Å². The normalized spacial score (nSPS) is 12.4. The highest BCUT2D eigenvalue weighted by Crippen LogP contribution is 2.40. The molecule has 28 heavy (non-hydrogen) atoms. The van der Waals surface area contributed by atoms with Crippen LogP contribution in [-0.4, -0.2) is 5.11 Å². The first-order chi connectivity index (χ1) is 13.1. The van der Waals surface area contributed by atoms with Crippen molar-refractivity contribution in [1.82, 2.24) is 0 Å². The molecule has 0 fully saturated rings. The second-order valence-electron chi connectivity index (χ2n) is 9.48. The van der Waals surface area contributed by atoms with Gasteiger partial charge in [0.1, 0.15) is 5.75 Å². The van der Waals surface area contributed by atoms with Crippen molar-refractivity contribution >= 4 is 0 Å². The van der Waals surface area contributed by atoms with Crippen molar-refractivity contribution in [3.63, 3.8) is 0 Å². The second-order valence-corrected chi connectivity index (χ2v) is 9.48. The minimum absolute atomic E-state index is 0.0369. The van der Waals surface area contributed by atoms with Crippen LogP contribution in [0.25, 0.3) is 0 Å². The Morgan fingerprint density at radius 3 is 1.32 bits per heavy atom. The highest BCUT2D eigenvalue weighted by atomic mass is 16.3. The summed E-state index contributed by atoms with van der Waals surface area (Å²) in [6.45, 7) is 12.9. The molecule has 3 heteroatoms. The van der Waals surface area contributed by atoms with Crippen LogP contribution in [0.1, 0.15) is 64.4 Å². The van der Waals surface area contributed by atoms with E-state index in [2.05, 4.69) is 87.6 Å². The molecule has 1 N–H and O–H groups in total. The molecule has 0 unspecified atom stereocenters. The van der Waals surface area contributed by atoms with Crippen molar-refractivity contribution < 1.29 is 14.2 Å². The van der Waals surface area contributed by atoms with E-state index in [0.29, 0.717) is 5.75 Å². The predicted octanol–water partition coefficient (Wildman–Crippen LogP) is 4.66. The fraction of sp³-hybridized carbons (Fsp3) is 0.360. The Morgan fingerprint density at radius 2 is 1.00 bits per heavy atom. The molecule has 2 aromatic heterocycles. The molecule has 1 aromatic carbocycles. The summed E-state index contributed by atoms with van der Waals surface area (Å²) >= 11 is 0. The summed E-state index contributed by atoms with van der Waals surface area (Å²) in [7, 11) is 0. The molecule has 0 bridgehead atoms. The molecule has 0 aliphatic carbocycles. The maximum atomic E-state index is 11.1. The predicted molar refractivity (Wildman–Crippen MR) is 112 cm³/mol. The van der Waals surface area contributed by atoms with Gasteiger partial charge in [0.15, 0.2) is 24.8 Å². The van der Waals surface area contributed by atoms with Gasteiger partial charge in [-0.15, -0.1) is 9.13 Å². The van der Waals surface area contributed by atoms with E-state index in [-0.39, 0.29) is 17.0 Å². The van der Waals surface area contributed by atoms with Crippen LogP contribution >= 0.6 is 0 Å². The van der Waals surface area contributed by atoms with Crippen molar-refractivity contribution in [3.8, 4) is 5.75 Å². The molecule has 3 nitrogen and oxygen atoms in total. The van der Waals surface area contributed by atoms with Crippen LogP contribution in [0.15, 0.2) is 73.3 Å². The van der Waals surface area contributed by atoms with E-state index in [4.69, 9.17) is 0 Å². The van der Waals surface area contributed by atoms with E-state index in [9.17, 15) is 5.11 Å². The molecule has 146 valence electrons. The highest BCUT2D eigenvalue weighted by molar-refractivity contribution is 5.50. The lowest BCUT2D eigenvalue weighted by atomic mass is 9.78. The summed E-state index contributed by atoms with van der Waals surface area (Å²) in [4.78, 5) is 0. The maximum Gasteiger partial charge on any atom is 0.379 e. The molecule has 0 amide bonds. The van der Waals surface area contributed by atoms with Gasteiger partial charge in [0.25, 0.3) is 0 Å². The Labute approximate surface area is 168 Å². The summed E-state index contributed by atoms with van der Waals surface area (Å²) in [5, 5.41) is 11.1. The SMILES string of the molecule is CC(C)(C)c1cc(C([n+]2ccccc2)[n+]2ccccc2)cc(C(C)(C)C)c1O. The highest BCUT2D eigenvalue weighted by Gasteiger charge is 2.34. The van der Waals surface area contributed by atoms with Crippen LogP contribution in [0.3, 0.4) is 0 Å². The van der Waals surface area contributed by atoms with Gasteiger partial charge >= 0.3 is 6.17 Å². The summed E-state index contributed by atoms with van der Waals surface area (Å²) in [6.07, 6.45) is 8.32. The van der Waals surface area contributed by atoms with Crippen LogP contribution in [0.5, 0.6) is 5.75 Å². The Morgan fingerprint density at radius 1 is 0.643 bits per heavy atom. The molecule has 2 heterocycles. The average Bonchev–Trinajstić information content (AvgIpc) is 2.63. The largest absolute Gasteiger partial charge is 0.507 e. The molecular weight excluding hydrogens is 344 g/mol. The Bertz CT molecular complexity index is 861. The summed E-state index contributed by atoms with van der Waals surface area (Å²) in [5.74, 6) is 0.415. The first kappa shape index (κ1) is 20.1. The summed E-state index contributed by atoms with van der Waals surface area (Å²) in [5.41, 5.74) is 2.79. The van der Waals surface area contributed by atoms with E-state index in [0.717, 1.165) is 16.7 Å². The van der Waals surface area contributed by atoms with Gasteiger partial charge in [0, 0.05) is 35.4 Å². The van der Waals surface area contributed by atoms with Crippen molar-refractivity contribution in [1.29, 1.82) is 0 Å². The lowest BCUT2D eigenvalue weighted by Gasteiger charge is -2.28. The molecule has 3 aromatic rings. The zero-order valence-electron chi connectivity index (χ0n) is 17.8. The second kappa shape index (κ2) is 7.38. The van der Waals surface area contributed by atoms with E-state index in [1.54, 1.807) is 0 Å². The van der Waals surface area contributed by atoms with Crippen LogP contribution in [0.2, 0.25) is 0 Å². The lowest BCUT2D eigenvalue weighted by molar-refractivity contribution is -0.934. The van der Waals surface area contributed by atoms with Crippen LogP contribution in [0, 0.1) is 0 Å². The van der Waals surface area contributed by atoms with Crippen LogP contribution < -0.4 is 9.13 Å². The van der Waals surface area contributed by atoms with Crippen molar-refractivity contribution in [2.45, 2.75) is 58.5 Å². The molecule has 0 atom stereocenters. The van der Waals surface area contributed by atoms with Gasteiger partial charge in [-0.05, 0) is 23.0 Å². The number of phenols is 1. The standard InChI is InChI=1S/C25H31N2O/c1-24(2,3)20-17-19(18-21(22(20)28)25(4,5)6)23(26-13-9-7-10-14-26)27-15-11-8-12-16-27/h7-18,23H,1-6H3/q+1/p+1. The van der Waals surface area contributed by atoms with E-state index < -0.39 is 0 Å². The fourth-order valence-electron chi connectivity index (χ4n) is 3.60. The average molecular weight is 377 g/mol. The molecule has 0 aliphatic rings. The van der Waals surface area contributed by atoms with Crippen molar-refractivity contribution in [2.24, 2.45) is 0 Å². The minimum Gasteiger partial charge on any atom is -0.507 e. The Hall–Kier alpha value is -2.68. The van der Waals surface area contributed by atoms with Gasteiger partial charge in [-0.2, -0.15) is 0 Å². The number of benzene rings is 1. The molecule has 0 radical (unpaired) electrons. The van der Waals surface area contributed by atoms with Crippen LogP contribution in [-0.2, 0) is 10.8 Å². The molecule has 0 spiro atoms. The third-order valence-corrected chi connectivity index (χ3v) is 5.09. The number of aromatic hydroxyl groups is 1. The number of rotatable bonds is 3. The van der Waals surface area contributed by atoms with E-state index in [1.807, 2.05) is 36.4 Å². The minimum atomic E-state index is -0.159. The van der Waals surface area contributed by atoms with Crippen LogP contribution in [0.4, 0.5) is 0 Å². The van der Waals surface area contributed by atoms with Gasteiger partial charge in [-0.1, -0.05) is 53.7 Å². The number of hydrogen-bond acceptors (Lipinski definition) is 1. The van der Waals surface area contributed by atoms with E-state index in [1.165, 1.54) is 0 Å². The third kappa shape index (κ3) is 4.09. The molecule has 0 aliphatic heterocycles. The Balaban J connectivity index is 2.32. The molecule has 0 saturated carbocycles. The topological polar surface area (TPSA) is 28.0 Å². The maximum absolute atomic E-state index is 11.1. The monoisotopic (exact) mass is 376 g/mol. The number of nitrogens with zero attached hydrogens (tertiary/aromatic N) is 2. The number of phenolic OH excluding ortho intramolecular Hbond substituents is 1. The first-order valence-electron chi connectivity index (χ1n) is 9.88. The van der Waals surface area contributed by atoms with E-state index >= 15 is 0 Å². The zero-order valence-corrected chi connectivity index (χ0v) is 17.8.